The van der Waals surface area contributed by atoms with E-state index in [-0.39, 0.29) is 0 Å². The maximum Gasteiger partial charge on any atom is 0.00695 e. The SMILES string of the molecule is CCC(C)C(C)NC(C)C1CCCCC1. The summed E-state index contributed by atoms with van der Waals surface area (Å²) in [6, 6.07) is 1.39. The molecule has 1 rings (SSSR count). The van der Waals surface area contributed by atoms with Crippen molar-refractivity contribution in [2.75, 3.05) is 0 Å². The van der Waals surface area contributed by atoms with Gasteiger partial charge in [-0.1, -0.05) is 39.5 Å². The molecule has 0 saturated heterocycles. The first kappa shape index (κ1) is 13.0. The van der Waals surface area contributed by atoms with Crippen molar-refractivity contribution in [3.8, 4) is 0 Å². The maximum absolute atomic E-state index is 3.80. The third-order valence-electron chi connectivity index (χ3n) is 4.38. The highest BCUT2D eigenvalue weighted by Gasteiger charge is 2.22. The van der Waals surface area contributed by atoms with Crippen LogP contribution >= 0.6 is 0 Å². The topological polar surface area (TPSA) is 12.0 Å². The zero-order valence-corrected chi connectivity index (χ0v) is 11.1. The van der Waals surface area contributed by atoms with Gasteiger partial charge in [-0.15, -0.1) is 0 Å². The molecule has 90 valence electrons. The summed E-state index contributed by atoms with van der Waals surface area (Å²) < 4.78 is 0. The summed E-state index contributed by atoms with van der Waals surface area (Å²) in [6.07, 6.45) is 8.54. The van der Waals surface area contributed by atoms with Gasteiger partial charge in [-0.05, 0) is 38.5 Å². The van der Waals surface area contributed by atoms with Gasteiger partial charge in [-0.2, -0.15) is 0 Å². The summed E-state index contributed by atoms with van der Waals surface area (Å²) in [7, 11) is 0. The van der Waals surface area contributed by atoms with E-state index in [1.807, 2.05) is 0 Å². The fourth-order valence-electron chi connectivity index (χ4n) is 2.70. The molecule has 0 amide bonds. The van der Waals surface area contributed by atoms with Gasteiger partial charge < -0.3 is 5.32 Å². The molecule has 0 aliphatic heterocycles. The van der Waals surface area contributed by atoms with Gasteiger partial charge in [0, 0.05) is 12.1 Å². The van der Waals surface area contributed by atoms with E-state index in [1.165, 1.54) is 38.5 Å². The van der Waals surface area contributed by atoms with Crippen LogP contribution in [0.4, 0.5) is 0 Å². The van der Waals surface area contributed by atoms with Crippen molar-refractivity contribution < 1.29 is 0 Å². The van der Waals surface area contributed by atoms with E-state index < -0.39 is 0 Å². The lowest BCUT2D eigenvalue weighted by molar-refractivity contribution is 0.246. The molecule has 0 radical (unpaired) electrons. The normalized spacial score (nSPS) is 24.8. The Morgan fingerprint density at radius 2 is 1.67 bits per heavy atom. The monoisotopic (exact) mass is 211 g/mol. The van der Waals surface area contributed by atoms with E-state index in [0.29, 0.717) is 12.1 Å². The van der Waals surface area contributed by atoms with Crippen LogP contribution in [0.3, 0.4) is 0 Å². The predicted molar refractivity (Wildman–Crippen MR) is 68.1 cm³/mol. The Morgan fingerprint density at radius 3 is 2.20 bits per heavy atom. The van der Waals surface area contributed by atoms with Gasteiger partial charge in [0.2, 0.25) is 0 Å². The second kappa shape index (κ2) is 6.52. The molecule has 1 aliphatic carbocycles. The number of rotatable bonds is 5. The van der Waals surface area contributed by atoms with Crippen molar-refractivity contribution in [2.45, 2.75) is 78.3 Å². The van der Waals surface area contributed by atoms with Crippen LogP contribution in [0.1, 0.15) is 66.2 Å². The summed E-state index contributed by atoms with van der Waals surface area (Å²) in [5.74, 6) is 1.74. The molecular weight excluding hydrogens is 182 g/mol. The van der Waals surface area contributed by atoms with Crippen LogP contribution in [0.2, 0.25) is 0 Å². The van der Waals surface area contributed by atoms with Gasteiger partial charge in [0.05, 0.1) is 0 Å². The van der Waals surface area contributed by atoms with Crippen LogP contribution in [0.25, 0.3) is 0 Å². The molecule has 1 fully saturated rings. The molecule has 1 saturated carbocycles. The Hall–Kier alpha value is -0.0400. The van der Waals surface area contributed by atoms with Gasteiger partial charge in [-0.25, -0.2) is 0 Å². The third kappa shape index (κ3) is 4.14. The first-order chi connectivity index (χ1) is 7.15. The zero-order chi connectivity index (χ0) is 11.3. The quantitative estimate of drug-likeness (QED) is 0.725. The van der Waals surface area contributed by atoms with E-state index in [1.54, 1.807) is 0 Å². The van der Waals surface area contributed by atoms with Crippen molar-refractivity contribution in [3.63, 3.8) is 0 Å². The fourth-order valence-corrected chi connectivity index (χ4v) is 2.70. The van der Waals surface area contributed by atoms with Gasteiger partial charge in [0.15, 0.2) is 0 Å². The van der Waals surface area contributed by atoms with Gasteiger partial charge in [-0.3, -0.25) is 0 Å². The fraction of sp³-hybridized carbons (Fsp3) is 1.00. The summed E-state index contributed by atoms with van der Waals surface area (Å²) in [5.41, 5.74) is 0. The Kier molecular flexibility index (Phi) is 5.66. The van der Waals surface area contributed by atoms with Crippen molar-refractivity contribution in [1.29, 1.82) is 0 Å². The molecule has 1 aliphatic rings. The predicted octanol–water partition coefficient (Wildman–Crippen LogP) is 3.98. The van der Waals surface area contributed by atoms with Gasteiger partial charge in [0.25, 0.3) is 0 Å². The Balaban J connectivity index is 2.29. The maximum atomic E-state index is 3.80. The first-order valence-electron chi connectivity index (χ1n) is 6.91. The largest absolute Gasteiger partial charge is 0.311 e. The van der Waals surface area contributed by atoms with E-state index in [9.17, 15) is 0 Å². The standard InChI is InChI=1S/C14H29N/c1-5-11(2)12(3)15-13(4)14-9-7-6-8-10-14/h11-15H,5-10H2,1-4H3. The average molecular weight is 211 g/mol. The molecule has 0 aromatic rings. The van der Waals surface area contributed by atoms with Crippen molar-refractivity contribution in [2.24, 2.45) is 11.8 Å². The molecule has 0 aromatic heterocycles. The van der Waals surface area contributed by atoms with Crippen molar-refractivity contribution in [1.82, 2.24) is 5.32 Å². The van der Waals surface area contributed by atoms with E-state index in [0.717, 1.165) is 11.8 Å². The van der Waals surface area contributed by atoms with Crippen LogP contribution < -0.4 is 5.32 Å². The van der Waals surface area contributed by atoms with Crippen LogP contribution in [0, 0.1) is 11.8 Å². The zero-order valence-electron chi connectivity index (χ0n) is 11.1. The Morgan fingerprint density at radius 1 is 1.07 bits per heavy atom. The van der Waals surface area contributed by atoms with E-state index in [4.69, 9.17) is 0 Å². The summed E-state index contributed by atoms with van der Waals surface area (Å²) in [6.45, 7) is 9.36. The highest BCUT2D eigenvalue weighted by atomic mass is 14.9. The summed E-state index contributed by atoms with van der Waals surface area (Å²) >= 11 is 0. The lowest BCUT2D eigenvalue weighted by Gasteiger charge is -2.32. The molecule has 0 spiro atoms. The highest BCUT2D eigenvalue weighted by Crippen LogP contribution is 2.26. The van der Waals surface area contributed by atoms with E-state index >= 15 is 0 Å². The second-order valence-electron chi connectivity index (χ2n) is 5.53. The molecule has 3 atom stereocenters. The number of hydrogen-bond donors (Lipinski definition) is 1. The van der Waals surface area contributed by atoms with Crippen LogP contribution in [-0.4, -0.2) is 12.1 Å². The minimum atomic E-state index is 0.673. The lowest BCUT2D eigenvalue weighted by Crippen LogP contribution is -2.42. The minimum absolute atomic E-state index is 0.673. The van der Waals surface area contributed by atoms with E-state index in [2.05, 4.69) is 33.0 Å². The lowest BCUT2D eigenvalue weighted by atomic mass is 9.84. The molecule has 1 nitrogen and oxygen atoms in total. The number of hydrogen-bond acceptors (Lipinski definition) is 1. The average Bonchev–Trinajstić information content (AvgIpc) is 2.29. The molecule has 0 heterocycles. The molecule has 15 heavy (non-hydrogen) atoms. The first-order valence-corrected chi connectivity index (χ1v) is 6.91. The Labute approximate surface area is 96.0 Å². The van der Waals surface area contributed by atoms with Crippen LogP contribution in [0.5, 0.6) is 0 Å². The molecule has 0 bridgehead atoms. The molecule has 1 heteroatoms. The minimum Gasteiger partial charge on any atom is -0.311 e. The van der Waals surface area contributed by atoms with Gasteiger partial charge >= 0.3 is 0 Å². The summed E-state index contributed by atoms with van der Waals surface area (Å²) in [4.78, 5) is 0. The van der Waals surface area contributed by atoms with Crippen molar-refractivity contribution >= 4 is 0 Å². The Bertz CT molecular complexity index is 161. The van der Waals surface area contributed by atoms with Gasteiger partial charge in [0.1, 0.15) is 0 Å². The molecule has 3 unspecified atom stereocenters. The smallest absolute Gasteiger partial charge is 0.00695 e. The third-order valence-corrected chi connectivity index (χ3v) is 4.38. The number of nitrogens with one attached hydrogen (secondary N) is 1. The molecule has 1 N–H and O–H groups in total. The van der Waals surface area contributed by atoms with Crippen LogP contribution in [0.15, 0.2) is 0 Å². The molecule has 0 aromatic carbocycles. The highest BCUT2D eigenvalue weighted by molar-refractivity contribution is 4.79. The van der Waals surface area contributed by atoms with Crippen molar-refractivity contribution in [3.05, 3.63) is 0 Å². The summed E-state index contributed by atoms with van der Waals surface area (Å²) in [5, 5.41) is 3.80. The van der Waals surface area contributed by atoms with Crippen LogP contribution in [-0.2, 0) is 0 Å². The molecular formula is C14H29N. The second-order valence-corrected chi connectivity index (χ2v) is 5.53.